The summed E-state index contributed by atoms with van der Waals surface area (Å²) in [6.07, 6.45) is -0.474. The molecule has 1 atom stereocenters. The van der Waals surface area contributed by atoms with E-state index in [-0.39, 0.29) is 12.5 Å². The van der Waals surface area contributed by atoms with E-state index in [1.54, 1.807) is 0 Å². The Kier molecular flexibility index (Phi) is 4.63. The quantitative estimate of drug-likeness (QED) is 0.687. The van der Waals surface area contributed by atoms with Crippen molar-refractivity contribution in [2.45, 2.75) is 12.3 Å². The Morgan fingerprint density at radius 2 is 2.00 bits per heavy atom. The average Bonchev–Trinajstić information content (AvgIpc) is 2.25. The molecule has 0 fully saturated rings. The van der Waals surface area contributed by atoms with Crippen LogP contribution in [0.5, 0.6) is 0 Å². The topological polar surface area (TPSA) is 69.6 Å². The van der Waals surface area contributed by atoms with E-state index in [0.717, 1.165) is 5.56 Å². The van der Waals surface area contributed by atoms with Gasteiger partial charge in [-0.3, -0.25) is 0 Å². The van der Waals surface area contributed by atoms with Gasteiger partial charge in [0.05, 0.1) is 0 Å². The van der Waals surface area contributed by atoms with Crippen molar-refractivity contribution in [3.05, 3.63) is 35.9 Å². The second-order valence-electron chi connectivity index (χ2n) is 3.31. The van der Waals surface area contributed by atoms with Gasteiger partial charge in [0.2, 0.25) is 0 Å². The van der Waals surface area contributed by atoms with Crippen LogP contribution in [0.2, 0.25) is 0 Å². The normalized spacial score (nSPS) is 12.1. The number of amides is 1. The second-order valence-corrected chi connectivity index (χ2v) is 3.31. The maximum Gasteiger partial charge on any atom is 0.404 e. The number of rotatable bonds is 5. The van der Waals surface area contributed by atoms with Crippen LogP contribution < -0.4 is 5.32 Å². The highest BCUT2D eigenvalue weighted by Gasteiger charge is 2.11. The van der Waals surface area contributed by atoms with E-state index in [1.165, 1.54) is 0 Å². The lowest BCUT2D eigenvalue weighted by atomic mass is 9.96. The monoisotopic (exact) mass is 209 g/mol. The Bertz CT molecular complexity index is 300. The van der Waals surface area contributed by atoms with E-state index in [0.29, 0.717) is 13.0 Å². The van der Waals surface area contributed by atoms with E-state index in [4.69, 9.17) is 10.2 Å². The van der Waals surface area contributed by atoms with Crippen molar-refractivity contribution < 1.29 is 15.0 Å². The number of nitrogens with one attached hydrogen (secondary N) is 1. The van der Waals surface area contributed by atoms with Crippen molar-refractivity contribution in [3.63, 3.8) is 0 Å². The summed E-state index contributed by atoms with van der Waals surface area (Å²) in [5.41, 5.74) is 1.04. The molecule has 4 heteroatoms. The summed E-state index contributed by atoms with van der Waals surface area (Å²) in [6.45, 7) is 0.390. The van der Waals surface area contributed by atoms with Gasteiger partial charge in [0.15, 0.2) is 0 Å². The van der Waals surface area contributed by atoms with Crippen LogP contribution in [-0.4, -0.2) is 29.5 Å². The summed E-state index contributed by atoms with van der Waals surface area (Å²) in [7, 11) is 0. The summed E-state index contributed by atoms with van der Waals surface area (Å²) >= 11 is 0. The van der Waals surface area contributed by atoms with Crippen LogP contribution in [0.15, 0.2) is 30.3 Å². The van der Waals surface area contributed by atoms with Crippen molar-refractivity contribution in [3.8, 4) is 0 Å². The van der Waals surface area contributed by atoms with E-state index in [9.17, 15) is 4.79 Å². The Hall–Kier alpha value is -1.55. The molecule has 82 valence electrons. The van der Waals surface area contributed by atoms with Crippen molar-refractivity contribution in [2.75, 3.05) is 13.2 Å². The highest BCUT2D eigenvalue weighted by Crippen LogP contribution is 2.17. The first-order valence-electron chi connectivity index (χ1n) is 4.86. The van der Waals surface area contributed by atoms with Gasteiger partial charge in [0, 0.05) is 19.1 Å². The molecule has 1 amide bonds. The van der Waals surface area contributed by atoms with Crippen molar-refractivity contribution >= 4 is 6.09 Å². The molecule has 1 aromatic rings. The summed E-state index contributed by atoms with van der Waals surface area (Å²) < 4.78 is 0. The molecule has 0 heterocycles. The maximum atomic E-state index is 10.4. The zero-order valence-electron chi connectivity index (χ0n) is 8.39. The number of aliphatic hydroxyl groups is 1. The first-order valence-corrected chi connectivity index (χ1v) is 4.86. The van der Waals surface area contributed by atoms with Gasteiger partial charge in [-0.2, -0.15) is 0 Å². The van der Waals surface area contributed by atoms with Crippen LogP contribution in [0, 0.1) is 0 Å². The predicted molar refractivity (Wildman–Crippen MR) is 56.9 cm³/mol. The molecular weight excluding hydrogens is 194 g/mol. The maximum absolute atomic E-state index is 10.4. The predicted octanol–water partition coefficient (Wildman–Crippen LogP) is 1.42. The molecule has 0 aromatic heterocycles. The molecule has 0 spiro atoms. The number of hydrogen-bond donors (Lipinski definition) is 3. The molecule has 4 nitrogen and oxygen atoms in total. The molecule has 0 saturated heterocycles. The standard InChI is InChI=1S/C11H15NO3/c13-7-6-10(8-12-11(14)15)9-4-2-1-3-5-9/h1-5,10,12-13H,6-8H2,(H,14,15). The zero-order valence-corrected chi connectivity index (χ0v) is 8.39. The van der Waals surface area contributed by atoms with Gasteiger partial charge in [-0.25, -0.2) is 4.79 Å². The Morgan fingerprint density at radius 1 is 1.33 bits per heavy atom. The molecule has 1 aromatic carbocycles. The van der Waals surface area contributed by atoms with Gasteiger partial charge < -0.3 is 15.5 Å². The molecule has 3 N–H and O–H groups in total. The van der Waals surface area contributed by atoms with Gasteiger partial charge in [0.1, 0.15) is 0 Å². The van der Waals surface area contributed by atoms with Crippen LogP contribution in [0.1, 0.15) is 17.9 Å². The average molecular weight is 209 g/mol. The second kappa shape index (κ2) is 6.03. The fraction of sp³-hybridized carbons (Fsp3) is 0.364. The summed E-state index contributed by atoms with van der Waals surface area (Å²) in [5.74, 6) is 0.0345. The van der Waals surface area contributed by atoms with Gasteiger partial charge in [-0.05, 0) is 12.0 Å². The molecule has 1 rings (SSSR count). The molecule has 0 bridgehead atoms. The number of aliphatic hydroxyl groups excluding tert-OH is 1. The van der Waals surface area contributed by atoms with Crippen molar-refractivity contribution in [1.82, 2.24) is 5.32 Å². The van der Waals surface area contributed by atoms with E-state index >= 15 is 0 Å². The lowest BCUT2D eigenvalue weighted by molar-refractivity contribution is 0.192. The smallest absolute Gasteiger partial charge is 0.404 e. The largest absolute Gasteiger partial charge is 0.465 e. The summed E-state index contributed by atoms with van der Waals surface area (Å²) in [5, 5.41) is 19.7. The lowest BCUT2D eigenvalue weighted by Crippen LogP contribution is -2.27. The van der Waals surface area contributed by atoms with E-state index in [1.807, 2.05) is 30.3 Å². The first-order chi connectivity index (χ1) is 7.24. The highest BCUT2D eigenvalue weighted by molar-refractivity contribution is 5.64. The minimum Gasteiger partial charge on any atom is -0.465 e. The van der Waals surface area contributed by atoms with Crippen molar-refractivity contribution in [1.29, 1.82) is 0 Å². The molecular formula is C11H15NO3. The molecule has 0 saturated carbocycles. The van der Waals surface area contributed by atoms with Crippen LogP contribution >= 0.6 is 0 Å². The first kappa shape index (κ1) is 11.5. The van der Waals surface area contributed by atoms with Crippen LogP contribution in [0.4, 0.5) is 4.79 Å². The van der Waals surface area contributed by atoms with Crippen LogP contribution in [0.25, 0.3) is 0 Å². The minimum absolute atomic E-state index is 0.0345. The third-order valence-electron chi connectivity index (χ3n) is 2.25. The van der Waals surface area contributed by atoms with Crippen molar-refractivity contribution in [2.24, 2.45) is 0 Å². The van der Waals surface area contributed by atoms with E-state index in [2.05, 4.69) is 5.32 Å². The molecule has 15 heavy (non-hydrogen) atoms. The number of hydrogen-bond acceptors (Lipinski definition) is 2. The van der Waals surface area contributed by atoms with Crippen LogP contribution in [-0.2, 0) is 0 Å². The lowest BCUT2D eigenvalue weighted by Gasteiger charge is -2.15. The summed E-state index contributed by atoms with van der Waals surface area (Å²) in [4.78, 5) is 10.4. The summed E-state index contributed by atoms with van der Waals surface area (Å²) in [6, 6.07) is 9.58. The Balaban J connectivity index is 2.61. The van der Waals surface area contributed by atoms with E-state index < -0.39 is 6.09 Å². The van der Waals surface area contributed by atoms with Gasteiger partial charge in [0.25, 0.3) is 0 Å². The molecule has 1 unspecified atom stereocenters. The third kappa shape index (κ3) is 3.99. The van der Waals surface area contributed by atoms with Gasteiger partial charge >= 0.3 is 6.09 Å². The molecule has 0 aliphatic heterocycles. The SMILES string of the molecule is O=C(O)NCC(CCO)c1ccccc1. The third-order valence-corrected chi connectivity index (χ3v) is 2.25. The number of benzene rings is 1. The van der Waals surface area contributed by atoms with Gasteiger partial charge in [-0.15, -0.1) is 0 Å². The zero-order chi connectivity index (χ0) is 11.1. The number of carbonyl (C=O) groups is 1. The molecule has 0 radical (unpaired) electrons. The Morgan fingerprint density at radius 3 is 2.53 bits per heavy atom. The minimum atomic E-state index is -1.03. The fourth-order valence-electron chi connectivity index (χ4n) is 1.48. The fourth-order valence-corrected chi connectivity index (χ4v) is 1.48. The highest BCUT2D eigenvalue weighted by atomic mass is 16.4. The number of carboxylic acid groups (broad SMARTS) is 1. The Labute approximate surface area is 88.6 Å². The molecule has 0 aliphatic rings. The van der Waals surface area contributed by atoms with Gasteiger partial charge in [-0.1, -0.05) is 30.3 Å². The van der Waals surface area contributed by atoms with Crippen LogP contribution in [0.3, 0.4) is 0 Å². The molecule has 0 aliphatic carbocycles.